The number of hydrogen-bond donors (Lipinski definition) is 0. The van der Waals surface area contributed by atoms with Crippen LogP contribution in [0, 0.1) is 6.92 Å². The standard InChI is InChI=1S/C14H14N4/c1-12-15-7-8-17(12)10-13-9-16-18(11-13)14-5-3-2-4-6-14/h2-9,11H,10H2,1H3. The first-order chi connectivity index (χ1) is 8.83. The van der Waals surface area contributed by atoms with Crippen molar-refractivity contribution in [2.45, 2.75) is 13.5 Å². The first-order valence-corrected chi connectivity index (χ1v) is 5.89. The lowest BCUT2D eigenvalue weighted by atomic mass is 10.3. The summed E-state index contributed by atoms with van der Waals surface area (Å²) in [5.41, 5.74) is 2.24. The van der Waals surface area contributed by atoms with E-state index in [-0.39, 0.29) is 0 Å². The molecule has 0 unspecified atom stereocenters. The third-order valence-electron chi connectivity index (χ3n) is 2.93. The summed E-state index contributed by atoms with van der Waals surface area (Å²) in [5, 5.41) is 4.38. The molecule has 0 aliphatic heterocycles. The molecule has 90 valence electrons. The molecule has 0 bridgehead atoms. The van der Waals surface area contributed by atoms with E-state index in [0.717, 1.165) is 18.1 Å². The molecule has 18 heavy (non-hydrogen) atoms. The minimum atomic E-state index is 0.804. The fourth-order valence-electron chi connectivity index (χ4n) is 1.93. The van der Waals surface area contributed by atoms with Gasteiger partial charge in [0.05, 0.1) is 18.4 Å². The van der Waals surface area contributed by atoms with E-state index in [0.29, 0.717) is 0 Å². The number of aryl methyl sites for hydroxylation is 1. The van der Waals surface area contributed by atoms with Gasteiger partial charge in [-0.15, -0.1) is 0 Å². The van der Waals surface area contributed by atoms with Gasteiger partial charge in [-0.2, -0.15) is 5.10 Å². The lowest BCUT2D eigenvalue weighted by Gasteiger charge is -2.02. The summed E-state index contributed by atoms with van der Waals surface area (Å²) in [7, 11) is 0. The highest BCUT2D eigenvalue weighted by atomic mass is 15.3. The second-order valence-corrected chi connectivity index (χ2v) is 4.23. The van der Waals surface area contributed by atoms with Gasteiger partial charge in [0.25, 0.3) is 0 Å². The number of hydrogen-bond acceptors (Lipinski definition) is 2. The van der Waals surface area contributed by atoms with Crippen molar-refractivity contribution in [3.05, 3.63) is 66.5 Å². The number of aromatic nitrogens is 4. The lowest BCUT2D eigenvalue weighted by molar-refractivity contribution is 0.761. The molecule has 0 spiro atoms. The third-order valence-corrected chi connectivity index (χ3v) is 2.93. The SMILES string of the molecule is Cc1nccn1Cc1cnn(-c2ccccc2)c1. The molecule has 0 amide bonds. The van der Waals surface area contributed by atoms with Gasteiger partial charge in [0.1, 0.15) is 5.82 Å². The highest BCUT2D eigenvalue weighted by molar-refractivity contribution is 5.30. The Morgan fingerprint density at radius 1 is 1.17 bits per heavy atom. The molecule has 3 rings (SSSR count). The molecule has 0 N–H and O–H groups in total. The first-order valence-electron chi connectivity index (χ1n) is 5.89. The third kappa shape index (κ3) is 2.05. The molecule has 0 aliphatic rings. The zero-order valence-electron chi connectivity index (χ0n) is 10.2. The fourth-order valence-corrected chi connectivity index (χ4v) is 1.93. The smallest absolute Gasteiger partial charge is 0.105 e. The Hall–Kier alpha value is -2.36. The minimum absolute atomic E-state index is 0.804. The van der Waals surface area contributed by atoms with Gasteiger partial charge in [0, 0.05) is 24.2 Å². The van der Waals surface area contributed by atoms with E-state index >= 15 is 0 Å². The van der Waals surface area contributed by atoms with Crippen molar-refractivity contribution in [2.75, 3.05) is 0 Å². The Kier molecular flexibility index (Phi) is 2.68. The highest BCUT2D eigenvalue weighted by Crippen LogP contribution is 2.09. The van der Waals surface area contributed by atoms with Gasteiger partial charge in [0.2, 0.25) is 0 Å². The second kappa shape index (κ2) is 4.49. The topological polar surface area (TPSA) is 35.6 Å². The average molecular weight is 238 g/mol. The van der Waals surface area contributed by atoms with Crippen molar-refractivity contribution in [3.63, 3.8) is 0 Å². The Balaban J connectivity index is 1.84. The van der Waals surface area contributed by atoms with E-state index in [2.05, 4.69) is 20.8 Å². The predicted molar refractivity (Wildman–Crippen MR) is 69.6 cm³/mol. The molecule has 0 saturated heterocycles. The Morgan fingerprint density at radius 2 is 2.00 bits per heavy atom. The van der Waals surface area contributed by atoms with Gasteiger partial charge in [-0.1, -0.05) is 18.2 Å². The Morgan fingerprint density at radius 3 is 2.72 bits per heavy atom. The van der Waals surface area contributed by atoms with Crippen LogP contribution in [0.5, 0.6) is 0 Å². The van der Waals surface area contributed by atoms with Gasteiger partial charge >= 0.3 is 0 Å². The molecule has 0 radical (unpaired) electrons. The molecule has 3 aromatic rings. The summed E-state index contributed by atoms with van der Waals surface area (Å²) in [6, 6.07) is 10.1. The Bertz CT molecular complexity index is 637. The van der Waals surface area contributed by atoms with E-state index in [4.69, 9.17) is 0 Å². The number of nitrogens with zero attached hydrogens (tertiary/aromatic N) is 4. The molecule has 0 saturated carbocycles. The minimum Gasteiger partial charge on any atom is -0.331 e. The summed E-state index contributed by atoms with van der Waals surface area (Å²) in [5.74, 6) is 1.02. The number of benzene rings is 1. The van der Waals surface area contributed by atoms with E-state index < -0.39 is 0 Å². The maximum atomic E-state index is 4.38. The van der Waals surface area contributed by atoms with Crippen LogP contribution in [0.2, 0.25) is 0 Å². The molecular weight excluding hydrogens is 224 g/mol. The van der Waals surface area contributed by atoms with E-state index in [1.165, 1.54) is 5.56 Å². The summed E-state index contributed by atoms with van der Waals surface area (Å²) in [4.78, 5) is 4.21. The highest BCUT2D eigenvalue weighted by Gasteiger charge is 2.03. The number of imidazole rings is 1. The van der Waals surface area contributed by atoms with Crippen molar-refractivity contribution in [2.24, 2.45) is 0 Å². The number of para-hydroxylation sites is 1. The molecule has 0 atom stereocenters. The van der Waals surface area contributed by atoms with Gasteiger partial charge in [-0.05, 0) is 19.1 Å². The van der Waals surface area contributed by atoms with Crippen LogP contribution < -0.4 is 0 Å². The van der Waals surface area contributed by atoms with Crippen LogP contribution in [0.3, 0.4) is 0 Å². The van der Waals surface area contributed by atoms with Crippen LogP contribution in [0.25, 0.3) is 5.69 Å². The van der Waals surface area contributed by atoms with Crippen LogP contribution in [0.4, 0.5) is 0 Å². The van der Waals surface area contributed by atoms with Crippen LogP contribution >= 0.6 is 0 Å². The van der Waals surface area contributed by atoms with Crippen LogP contribution in [0.1, 0.15) is 11.4 Å². The fraction of sp³-hybridized carbons (Fsp3) is 0.143. The van der Waals surface area contributed by atoms with E-state index in [1.54, 1.807) is 0 Å². The average Bonchev–Trinajstić information content (AvgIpc) is 3.02. The van der Waals surface area contributed by atoms with Crippen LogP contribution in [0.15, 0.2) is 55.1 Å². The van der Waals surface area contributed by atoms with Crippen molar-refractivity contribution in [3.8, 4) is 5.69 Å². The molecule has 1 aromatic carbocycles. The van der Waals surface area contributed by atoms with Gasteiger partial charge < -0.3 is 4.57 Å². The van der Waals surface area contributed by atoms with Crippen molar-refractivity contribution < 1.29 is 0 Å². The first kappa shape index (κ1) is 10.8. The molecule has 0 aliphatic carbocycles. The van der Waals surface area contributed by atoms with Gasteiger partial charge in [-0.3, -0.25) is 0 Å². The lowest BCUT2D eigenvalue weighted by Crippen LogP contribution is -1.99. The largest absolute Gasteiger partial charge is 0.331 e. The molecule has 2 aromatic heterocycles. The summed E-state index contributed by atoms with van der Waals surface area (Å²) in [6.07, 6.45) is 7.74. The quantitative estimate of drug-likeness (QED) is 0.702. The zero-order chi connectivity index (χ0) is 12.4. The summed E-state index contributed by atoms with van der Waals surface area (Å²) < 4.78 is 3.99. The Labute approximate surface area is 106 Å². The summed E-state index contributed by atoms with van der Waals surface area (Å²) in [6.45, 7) is 2.81. The molecular formula is C14H14N4. The van der Waals surface area contributed by atoms with E-state index in [1.807, 2.05) is 60.5 Å². The second-order valence-electron chi connectivity index (χ2n) is 4.23. The van der Waals surface area contributed by atoms with E-state index in [9.17, 15) is 0 Å². The van der Waals surface area contributed by atoms with Crippen molar-refractivity contribution in [1.29, 1.82) is 0 Å². The maximum absolute atomic E-state index is 4.38. The van der Waals surface area contributed by atoms with Crippen molar-refractivity contribution >= 4 is 0 Å². The molecule has 2 heterocycles. The molecule has 0 fully saturated rings. The maximum Gasteiger partial charge on any atom is 0.105 e. The van der Waals surface area contributed by atoms with Gasteiger partial charge in [0.15, 0.2) is 0 Å². The normalized spacial score (nSPS) is 10.7. The van der Waals surface area contributed by atoms with Crippen LogP contribution in [-0.2, 0) is 6.54 Å². The van der Waals surface area contributed by atoms with Gasteiger partial charge in [-0.25, -0.2) is 9.67 Å². The predicted octanol–water partition coefficient (Wildman–Crippen LogP) is 2.43. The zero-order valence-corrected chi connectivity index (χ0v) is 10.2. The monoisotopic (exact) mass is 238 g/mol. The molecule has 4 heteroatoms. The molecule has 4 nitrogen and oxygen atoms in total. The van der Waals surface area contributed by atoms with Crippen molar-refractivity contribution in [1.82, 2.24) is 19.3 Å². The van der Waals surface area contributed by atoms with Crippen LogP contribution in [-0.4, -0.2) is 19.3 Å². The number of rotatable bonds is 3. The summed E-state index contributed by atoms with van der Waals surface area (Å²) >= 11 is 0.